The molecule has 9 heteroatoms. The lowest BCUT2D eigenvalue weighted by atomic mass is 10.1. The van der Waals surface area contributed by atoms with Crippen LogP contribution in [0.15, 0.2) is 41.3 Å². The third-order valence-corrected chi connectivity index (χ3v) is 6.00. The number of amides is 2. The molecule has 30 heavy (non-hydrogen) atoms. The Morgan fingerprint density at radius 3 is 2.87 bits per heavy atom. The van der Waals surface area contributed by atoms with E-state index in [1.807, 2.05) is 6.07 Å². The Hall–Kier alpha value is -2.91. The molecule has 0 radical (unpaired) electrons. The number of rotatable bonds is 5. The van der Waals surface area contributed by atoms with Gasteiger partial charge in [-0.2, -0.15) is 0 Å². The van der Waals surface area contributed by atoms with Crippen molar-refractivity contribution in [2.75, 3.05) is 19.9 Å². The van der Waals surface area contributed by atoms with Crippen molar-refractivity contribution in [3.63, 3.8) is 0 Å². The molecular formula is C21H17FN2O4S2. The fourth-order valence-corrected chi connectivity index (χ4v) is 4.27. The van der Waals surface area contributed by atoms with E-state index in [9.17, 15) is 14.0 Å². The summed E-state index contributed by atoms with van der Waals surface area (Å²) in [5.74, 6) is 0.236. The van der Waals surface area contributed by atoms with Crippen molar-refractivity contribution < 1.29 is 23.5 Å². The number of carbonyl (C=O) groups excluding carboxylic acids is 2. The Morgan fingerprint density at radius 1 is 1.27 bits per heavy atom. The SMILES string of the molecule is Cc1ccc(C(=O)NCCN2C(=O)/C(=C\c3ccc4c(c3)OCO4)SC2=S)cc1F. The van der Waals surface area contributed by atoms with Gasteiger partial charge in [0.25, 0.3) is 11.8 Å². The fourth-order valence-electron chi connectivity index (χ4n) is 2.96. The van der Waals surface area contributed by atoms with Gasteiger partial charge >= 0.3 is 0 Å². The molecule has 2 aromatic carbocycles. The van der Waals surface area contributed by atoms with E-state index in [1.54, 1.807) is 37.3 Å². The molecule has 154 valence electrons. The van der Waals surface area contributed by atoms with Gasteiger partial charge in [0.05, 0.1) is 4.91 Å². The molecule has 1 N–H and O–H groups in total. The Morgan fingerprint density at radius 2 is 2.07 bits per heavy atom. The largest absolute Gasteiger partial charge is 0.454 e. The number of nitrogens with one attached hydrogen (secondary N) is 1. The van der Waals surface area contributed by atoms with Crippen LogP contribution in [0, 0.1) is 12.7 Å². The lowest BCUT2D eigenvalue weighted by Crippen LogP contribution is -2.37. The van der Waals surface area contributed by atoms with Crippen LogP contribution >= 0.6 is 24.0 Å². The van der Waals surface area contributed by atoms with Gasteiger partial charge in [0, 0.05) is 18.7 Å². The monoisotopic (exact) mass is 444 g/mol. The molecule has 0 bridgehead atoms. The summed E-state index contributed by atoms with van der Waals surface area (Å²) in [6.45, 7) is 2.23. The summed E-state index contributed by atoms with van der Waals surface area (Å²) in [5.41, 5.74) is 1.50. The summed E-state index contributed by atoms with van der Waals surface area (Å²) < 4.78 is 24.7. The Balaban J connectivity index is 1.37. The van der Waals surface area contributed by atoms with E-state index >= 15 is 0 Å². The number of thioether (sulfide) groups is 1. The third-order valence-electron chi connectivity index (χ3n) is 4.62. The molecule has 2 aromatic rings. The van der Waals surface area contributed by atoms with Crippen LogP contribution < -0.4 is 14.8 Å². The number of thiocarbonyl (C=S) groups is 1. The van der Waals surface area contributed by atoms with Crippen molar-refractivity contribution >= 4 is 46.2 Å². The second kappa shape index (κ2) is 8.45. The standard InChI is InChI=1S/C21H17FN2O4S2/c1-12-2-4-14(10-15(12)22)19(25)23-6-7-24-20(26)18(30-21(24)29)9-13-3-5-16-17(8-13)28-11-27-16/h2-5,8-10H,6-7,11H2,1H3,(H,23,25)/b18-9+. The van der Waals surface area contributed by atoms with E-state index in [0.717, 1.165) is 5.56 Å². The summed E-state index contributed by atoms with van der Waals surface area (Å²) in [6.07, 6.45) is 1.74. The molecule has 0 atom stereocenters. The van der Waals surface area contributed by atoms with Crippen molar-refractivity contribution in [3.8, 4) is 11.5 Å². The minimum absolute atomic E-state index is 0.182. The van der Waals surface area contributed by atoms with Crippen LogP contribution in [0.3, 0.4) is 0 Å². The normalized spacial score (nSPS) is 16.5. The molecule has 0 aromatic heterocycles. The molecule has 2 aliphatic rings. The van der Waals surface area contributed by atoms with Gasteiger partial charge in [0.1, 0.15) is 10.1 Å². The van der Waals surface area contributed by atoms with Crippen LogP contribution in [-0.2, 0) is 4.79 Å². The first kappa shape index (κ1) is 20.4. The van der Waals surface area contributed by atoms with E-state index in [1.165, 1.54) is 22.7 Å². The second-order valence-corrected chi connectivity index (χ2v) is 8.34. The van der Waals surface area contributed by atoms with Crippen LogP contribution in [0.5, 0.6) is 11.5 Å². The lowest BCUT2D eigenvalue weighted by Gasteiger charge is -2.15. The Labute approximate surface area is 182 Å². The van der Waals surface area contributed by atoms with E-state index in [4.69, 9.17) is 21.7 Å². The summed E-state index contributed by atoms with van der Waals surface area (Å²) >= 11 is 6.52. The third kappa shape index (κ3) is 4.17. The predicted molar refractivity (Wildman–Crippen MR) is 116 cm³/mol. The molecular weight excluding hydrogens is 427 g/mol. The molecule has 2 aliphatic heterocycles. The minimum atomic E-state index is -0.437. The summed E-state index contributed by atoms with van der Waals surface area (Å²) in [5, 5.41) is 2.69. The number of hydrogen-bond acceptors (Lipinski definition) is 6. The van der Waals surface area contributed by atoms with Gasteiger partial charge in [0.15, 0.2) is 11.5 Å². The average Bonchev–Trinajstić information content (AvgIpc) is 3.29. The maximum absolute atomic E-state index is 13.6. The van der Waals surface area contributed by atoms with Gasteiger partial charge in [-0.25, -0.2) is 4.39 Å². The Bertz CT molecular complexity index is 1090. The topological polar surface area (TPSA) is 67.9 Å². The zero-order valence-electron chi connectivity index (χ0n) is 15.9. The summed E-state index contributed by atoms with van der Waals surface area (Å²) in [4.78, 5) is 26.8. The van der Waals surface area contributed by atoms with Crippen LogP contribution in [0.4, 0.5) is 4.39 Å². The van der Waals surface area contributed by atoms with Crippen LogP contribution in [0.2, 0.25) is 0 Å². The molecule has 6 nitrogen and oxygen atoms in total. The van der Waals surface area contributed by atoms with Crippen LogP contribution in [0.25, 0.3) is 6.08 Å². The first-order valence-electron chi connectivity index (χ1n) is 9.12. The van der Waals surface area contributed by atoms with E-state index in [0.29, 0.717) is 26.3 Å². The molecule has 1 fully saturated rings. The maximum atomic E-state index is 13.6. The van der Waals surface area contributed by atoms with Gasteiger partial charge in [-0.1, -0.05) is 36.1 Å². The van der Waals surface area contributed by atoms with Gasteiger partial charge in [-0.3, -0.25) is 14.5 Å². The highest BCUT2D eigenvalue weighted by Crippen LogP contribution is 2.36. The Kier molecular flexibility index (Phi) is 5.74. The molecule has 0 aliphatic carbocycles. The highest BCUT2D eigenvalue weighted by molar-refractivity contribution is 8.26. The van der Waals surface area contributed by atoms with Crippen LogP contribution in [0.1, 0.15) is 21.5 Å². The van der Waals surface area contributed by atoms with Crippen molar-refractivity contribution in [3.05, 3.63) is 63.8 Å². The highest BCUT2D eigenvalue weighted by atomic mass is 32.2. The van der Waals surface area contributed by atoms with Crippen molar-refractivity contribution in [2.45, 2.75) is 6.92 Å². The lowest BCUT2D eigenvalue weighted by molar-refractivity contribution is -0.122. The number of halogens is 1. The number of carbonyl (C=O) groups is 2. The number of ether oxygens (including phenoxy) is 2. The van der Waals surface area contributed by atoms with Gasteiger partial charge in [-0.15, -0.1) is 0 Å². The molecule has 1 saturated heterocycles. The quantitative estimate of drug-likeness (QED) is 0.563. The molecule has 2 amide bonds. The summed E-state index contributed by atoms with van der Waals surface area (Å²) in [6, 6.07) is 9.72. The van der Waals surface area contributed by atoms with E-state index in [2.05, 4.69) is 5.32 Å². The number of aryl methyl sites for hydroxylation is 1. The molecule has 0 saturated carbocycles. The van der Waals surface area contributed by atoms with E-state index < -0.39 is 11.7 Å². The number of fused-ring (bicyclic) bond motifs is 1. The van der Waals surface area contributed by atoms with Gasteiger partial charge in [-0.05, 0) is 48.4 Å². The van der Waals surface area contributed by atoms with Gasteiger partial charge < -0.3 is 14.8 Å². The highest BCUT2D eigenvalue weighted by Gasteiger charge is 2.31. The smallest absolute Gasteiger partial charge is 0.266 e. The zero-order valence-corrected chi connectivity index (χ0v) is 17.6. The van der Waals surface area contributed by atoms with Crippen molar-refractivity contribution in [1.82, 2.24) is 10.2 Å². The van der Waals surface area contributed by atoms with Crippen molar-refractivity contribution in [2.24, 2.45) is 0 Å². The zero-order chi connectivity index (χ0) is 21.3. The molecule has 4 rings (SSSR count). The number of hydrogen-bond donors (Lipinski definition) is 1. The molecule has 0 unspecified atom stereocenters. The fraction of sp³-hybridized carbons (Fsp3) is 0.190. The molecule has 2 heterocycles. The number of nitrogens with zero attached hydrogens (tertiary/aromatic N) is 1. The number of benzene rings is 2. The average molecular weight is 445 g/mol. The second-order valence-electron chi connectivity index (χ2n) is 6.67. The van der Waals surface area contributed by atoms with Gasteiger partial charge in [0.2, 0.25) is 6.79 Å². The first-order valence-corrected chi connectivity index (χ1v) is 10.3. The van der Waals surface area contributed by atoms with Crippen molar-refractivity contribution in [1.29, 1.82) is 0 Å². The first-order chi connectivity index (χ1) is 14.4. The minimum Gasteiger partial charge on any atom is -0.454 e. The maximum Gasteiger partial charge on any atom is 0.266 e. The predicted octanol–water partition coefficient (Wildman–Crippen LogP) is 3.49. The van der Waals surface area contributed by atoms with Crippen LogP contribution in [-0.4, -0.2) is 40.9 Å². The summed E-state index contributed by atoms with van der Waals surface area (Å²) in [7, 11) is 0. The van der Waals surface area contributed by atoms with E-state index in [-0.39, 0.29) is 31.4 Å². The molecule has 0 spiro atoms.